The van der Waals surface area contributed by atoms with Crippen LogP contribution in [0.3, 0.4) is 0 Å². The van der Waals surface area contributed by atoms with E-state index in [0.29, 0.717) is 12.3 Å². The maximum atomic E-state index is 12.7. The standard InChI is InChI=1S/C19H16N2O2/c1-2-13-21(16-11-7-4-8-12-16)19(22)17-14-18(23-20-17)15-9-5-3-6-10-15/h2-12,14H,1,13H2. The summed E-state index contributed by atoms with van der Waals surface area (Å²) < 4.78 is 5.31. The highest BCUT2D eigenvalue weighted by atomic mass is 16.5. The molecule has 0 aliphatic rings. The van der Waals surface area contributed by atoms with Crippen molar-refractivity contribution in [1.82, 2.24) is 5.16 Å². The van der Waals surface area contributed by atoms with Crippen LogP contribution < -0.4 is 4.90 Å². The highest BCUT2D eigenvalue weighted by Gasteiger charge is 2.20. The molecule has 0 spiro atoms. The molecule has 114 valence electrons. The van der Waals surface area contributed by atoms with E-state index in [1.165, 1.54) is 0 Å². The molecule has 23 heavy (non-hydrogen) atoms. The van der Waals surface area contributed by atoms with Crippen molar-refractivity contribution in [2.45, 2.75) is 0 Å². The molecule has 0 N–H and O–H groups in total. The average Bonchev–Trinajstić information content (AvgIpc) is 3.11. The lowest BCUT2D eigenvalue weighted by atomic mass is 10.1. The van der Waals surface area contributed by atoms with Gasteiger partial charge in [-0.25, -0.2) is 0 Å². The van der Waals surface area contributed by atoms with E-state index < -0.39 is 0 Å². The molecule has 4 heteroatoms. The molecule has 0 aliphatic heterocycles. The normalized spacial score (nSPS) is 10.3. The number of anilines is 1. The van der Waals surface area contributed by atoms with Gasteiger partial charge in [-0.05, 0) is 12.1 Å². The first-order valence-electron chi connectivity index (χ1n) is 7.29. The summed E-state index contributed by atoms with van der Waals surface area (Å²) in [4.78, 5) is 14.3. The highest BCUT2D eigenvalue weighted by Crippen LogP contribution is 2.22. The molecule has 0 bridgehead atoms. The minimum atomic E-state index is -0.220. The zero-order valence-electron chi connectivity index (χ0n) is 12.6. The molecule has 0 atom stereocenters. The zero-order valence-corrected chi connectivity index (χ0v) is 12.6. The number of aromatic nitrogens is 1. The number of nitrogens with zero attached hydrogens (tertiary/aromatic N) is 2. The van der Waals surface area contributed by atoms with Crippen LogP contribution in [0.15, 0.2) is 83.9 Å². The Labute approximate surface area is 134 Å². The minimum absolute atomic E-state index is 0.220. The third-order valence-electron chi connectivity index (χ3n) is 3.41. The van der Waals surface area contributed by atoms with Gasteiger partial charge in [-0.1, -0.05) is 59.8 Å². The number of carbonyl (C=O) groups is 1. The van der Waals surface area contributed by atoms with E-state index in [1.807, 2.05) is 60.7 Å². The number of para-hydroxylation sites is 1. The van der Waals surface area contributed by atoms with Gasteiger partial charge in [-0.2, -0.15) is 0 Å². The largest absolute Gasteiger partial charge is 0.355 e. The Kier molecular flexibility index (Phi) is 4.34. The Morgan fingerprint density at radius 3 is 2.39 bits per heavy atom. The van der Waals surface area contributed by atoms with Crippen molar-refractivity contribution in [3.05, 3.63) is 85.1 Å². The van der Waals surface area contributed by atoms with Crippen LogP contribution in [-0.4, -0.2) is 17.6 Å². The molecule has 0 radical (unpaired) electrons. The van der Waals surface area contributed by atoms with E-state index in [1.54, 1.807) is 17.0 Å². The topological polar surface area (TPSA) is 46.3 Å². The molecular weight excluding hydrogens is 288 g/mol. The van der Waals surface area contributed by atoms with E-state index in [0.717, 1.165) is 11.3 Å². The molecule has 2 aromatic carbocycles. The van der Waals surface area contributed by atoms with E-state index in [4.69, 9.17) is 4.52 Å². The number of benzene rings is 2. The van der Waals surface area contributed by atoms with Crippen LogP contribution in [0.25, 0.3) is 11.3 Å². The van der Waals surface area contributed by atoms with Crippen molar-refractivity contribution in [3.63, 3.8) is 0 Å². The quantitative estimate of drug-likeness (QED) is 0.664. The van der Waals surface area contributed by atoms with Crippen molar-refractivity contribution >= 4 is 11.6 Å². The van der Waals surface area contributed by atoms with Crippen LogP contribution in [0.1, 0.15) is 10.5 Å². The Morgan fingerprint density at radius 2 is 1.74 bits per heavy atom. The molecule has 0 fully saturated rings. The minimum Gasteiger partial charge on any atom is -0.355 e. The number of rotatable bonds is 5. The van der Waals surface area contributed by atoms with Gasteiger partial charge in [0.2, 0.25) is 0 Å². The SMILES string of the molecule is C=CCN(C(=O)c1cc(-c2ccccc2)on1)c1ccccc1. The van der Waals surface area contributed by atoms with Gasteiger partial charge in [0.15, 0.2) is 11.5 Å². The number of amides is 1. The second kappa shape index (κ2) is 6.75. The molecule has 3 rings (SSSR count). The monoisotopic (exact) mass is 304 g/mol. The second-order valence-electron chi connectivity index (χ2n) is 4.98. The number of hydrogen-bond acceptors (Lipinski definition) is 3. The van der Waals surface area contributed by atoms with Gasteiger partial charge in [0.1, 0.15) is 0 Å². The molecule has 3 aromatic rings. The maximum absolute atomic E-state index is 12.7. The number of hydrogen-bond donors (Lipinski definition) is 0. The molecule has 0 saturated heterocycles. The molecule has 0 saturated carbocycles. The van der Waals surface area contributed by atoms with Crippen LogP contribution in [0.4, 0.5) is 5.69 Å². The molecule has 1 amide bonds. The average molecular weight is 304 g/mol. The Morgan fingerprint density at radius 1 is 1.09 bits per heavy atom. The van der Waals surface area contributed by atoms with E-state index in [2.05, 4.69) is 11.7 Å². The predicted molar refractivity (Wildman–Crippen MR) is 90.3 cm³/mol. The summed E-state index contributed by atoms with van der Waals surface area (Å²) >= 11 is 0. The Bertz CT molecular complexity index is 795. The van der Waals surface area contributed by atoms with Crippen LogP contribution in [0, 0.1) is 0 Å². The highest BCUT2D eigenvalue weighted by molar-refractivity contribution is 6.05. The van der Waals surface area contributed by atoms with E-state index >= 15 is 0 Å². The Balaban J connectivity index is 1.89. The summed E-state index contributed by atoms with van der Waals surface area (Å²) in [6, 6.07) is 20.7. The lowest BCUT2D eigenvalue weighted by Crippen LogP contribution is -2.31. The van der Waals surface area contributed by atoms with Gasteiger partial charge in [-0.3, -0.25) is 4.79 Å². The fourth-order valence-corrected chi connectivity index (χ4v) is 2.30. The molecule has 4 nitrogen and oxygen atoms in total. The molecule has 0 aliphatic carbocycles. The second-order valence-corrected chi connectivity index (χ2v) is 4.98. The van der Waals surface area contributed by atoms with Crippen molar-refractivity contribution < 1.29 is 9.32 Å². The van der Waals surface area contributed by atoms with Crippen LogP contribution in [0.2, 0.25) is 0 Å². The fraction of sp³-hybridized carbons (Fsp3) is 0.0526. The molecule has 0 unspecified atom stereocenters. The van der Waals surface area contributed by atoms with Crippen molar-refractivity contribution in [3.8, 4) is 11.3 Å². The third-order valence-corrected chi connectivity index (χ3v) is 3.41. The van der Waals surface area contributed by atoms with Crippen LogP contribution in [-0.2, 0) is 0 Å². The molecule has 1 heterocycles. The van der Waals surface area contributed by atoms with Crippen molar-refractivity contribution in [2.75, 3.05) is 11.4 Å². The first-order valence-corrected chi connectivity index (χ1v) is 7.29. The fourth-order valence-electron chi connectivity index (χ4n) is 2.30. The summed E-state index contributed by atoms with van der Waals surface area (Å²) in [7, 11) is 0. The Hall–Kier alpha value is -3.14. The third kappa shape index (κ3) is 3.21. The van der Waals surface area contributed by atoms with Crippen LogP contribution >= 0.6 is 0 Å². The summed E-state index contributed by atoms with van der Waals surface area (Å²) in [6.45, 7) is 4.12. The summed E-state index contributed by atoms with van der Waals surface area (Å²) in [5.41, 5.74) is 1.95. The van der Waals surface area contributed by atoms with Gasteiger partial charge < -0.3 is 9.42 Å². The van der Waals surface area contributed by atoms with Gasteiger partial charge in [-0.15, -0.1) is 6.58 Å². The van der Waals surface area contributed by atoms with Crippen molar-refractivity contribution in [2.24, 2.45) is 0 Å². The van der Waals surface area contributed by atoms with Gasteiger partial charge in [0, 0.05) is 23.9 Å². The van der Waals surface area contributed by atoms with E-state index in [9.17, 15) is 4.79 Å². The lowest BCUT2D eigenvalue weighted by molar-refractivity contribution is 0.0981. The smallest absolute Gasteiger partial charge is 0.280 e. The lowest BCUT2D eigenvalue weighted by Gasteiger charge is -2.19. The summed E-state index contributed by atoms with van der Waals surface area (Å²) in [5.74, 6) is 0.350. The van der Waals surface area contributed by atoms with Gasteiger partial charge in [0.25, 0.3) is 5.91 Å². The maximum Gasteiger partial charge on any atom is 0.280 e. The summed E-state index contributed by atoms with van der Waals surface area (Å²) in [6.07, 6.45) is 1.68. The van der Waals surface area contributed by atoms with Gasteiger partial charge in [0.05, 0.1) is 0 Å². The first-order chi connectivity index (χ1) is 11.3. The molecular formula is C19H16N2O2. The van der Waals surface area contributed by atoms with Crippen molar-refractivity contribution in [1.29, 1.82) is 0 Å². The zero-order chi connectivity index (χ0) is 16.1. The predicted octanol–water partition coefficient (Wildman–Crippen LogP) is 4.17. The summed E-state index contributed by atoms with van der Waals surface area (Å²) in [5, 5.41) is 3.92. The van der Waals surface area contributed by atoms with E-state index in [-0.39, 0.29) is 11.6 Å². The molecule has 1 aromatic heterocycles. The van der Waals surface area contributed by atoms with Crippen LogP contribution in [0.5, 0.6) is 0 Å². The number of carbonyl (C=O) groups excluding carboxylic acids is 1. The first kappa shape index (κ1) is 14.8. The van der Waals surface area contributed by atoms with Gasteiger partial charge >= 0.3 is 0 Å².